The first-order valence-electron chi connectivity index (χ1n) is 8.33. The third-order valence-electron chi connectivity index (χ3n) is 4.89. The third kappa shape index (κ3) is 3.43. The summed E-state index contributed by atoms with van der Waals surface area (Å²) in [5.41, 5.74) is 1.19. The number of piperidine rings is 1. The van der Waals surface area contributed by atoms with Gasteiger partial charge in [-0.05, 0) is 31.2 Å². The number of nitrogens with zero attached hydrogens (tertiary/aromatic N) is 1. The topological polar surface area (TPSA) is 41.6 Å². The largest absolute Gasteiger partial charge is 0.496 e. The van der Waals surface area contributed by atoms with E-state index in [1.54, 1.807) is 7.11 Å². The van der Waals surface area contributed by atoms with Crippen LogP contribution in [-0.2, 0) is 11.3 Å². The van der Waals surface area contributed by atoms with Gasteiger partial charge in [-0.2, -0.15) is 0 Å². The summed E-state index contributed by atoms with van der Waals surface area (Å²) in [6.07, 6.45) is 3.23. The van der Waals surface area contributed by atoms with E-state index in [-0.39, 0.29) is 0 Å². The zero-order valence-corrected chi connectivity index (χ0v) is 13.5. The van der Waals surface area contributed by atoms with Gasteiger partial charge < -0.3 is 15.0 Å². The second-order valence-corrected chi connectivity index (χ2v) is 6.62. The van der Waals surface area contributed by atoms with Crippen molar-refractivity contribution in [2.24, 2.45) is 11.8 Å². The monoisotopic (exact) mass is 302 g/mol. The molecule has 0 spiro atoms. The number of likely N-dealkylation sites (tertiary alicyclic amines) is 1. The highest BCUT2D eigenvalue weighted by Gasteiger charge is 2.36. The molecule has 1 aromatic carbocycles. The predicted octanol–water partition coefficient (Wildman–Crippen LogP) is 2.43. The number of carbonyl (C=O) groups excluding carboxylic acids is 1. The quantitative estimate of drug-likeness (QED) is 0.908. The molecular formula is C18H26N2O2. The molecule has 1 aromatic rings. The van der Waals surface area contributed by atoms with Gasteiger partial charge in [0, 0.05) is 37.2 Å². The van der Waals surface area contributed by atoms with Crippen molar-refractivity contribution in [1.29, 1.82) is 0 Å². The number of carbonyl (C=O) groups is 1. The Morgan fingerprint density at radius 1 is 1.32 bits per heavy atom. The molecule has 1 aliphatic heterocycles. The molecule has 0 aromatic heterocycles. The number of ether oxygens (including phenoxy) is 1. The lowest BCUT2D eigenvalue weighted by Gasteiger charge is -2.37. The van der Waals surface area contributed by atoms with Gasteiger partial charge in [-0.3, -0.25) is 4.79 Å². The Hall–Kier alpha value is -1.55. The van der Waals surface area contributed by atoms with E-state index in [9.17, 15) is 4.79 Å². The van der Waals surface area contributed by atoms with Gasteiger partial charge in [0.25, 0.3) is 0 Å². The van der Waals surface area contributed by atoms with E-state index in [4.69, 9.17) is 4.74 Å². The van der Waals surface area contributed by atoms with Crippen LogP contribution in [0, 0.1) is 11.8 Å². The Morgan fingerprint density at radius 3 is 2.77 bits per heavy atom. The first kappa shape index (κ1) is 15.3. The molecular weight excluding hydrogens is 276 g/mol. The Labute approximate surface area is 132 Å². The molecule has 120 valence electrons. The molecule has 0 bridgehead atoms. The van der Waals surface area contributed by atoms with Crippen LogP contribution < -0.4 is 10.1 Å². The van der Waals surface area contributed by atoms with Crippen LogP contribution in [0.4, 0.5) is 0 Å². The smallest absolute Gasteiger partial charge is 0.225 e. The predicted molar refractivity (Wildman–Crippen MR) is 86.7 cm³/mol. The highest BCUT2D eigenvalue weighted by atomic mass is 16.5. The number of rotatable bonds is 5. The van der Waals surface area contributed by atoms with Gasteiger partial charge in [0.15, 0.2) is 0 Å². The molecule has 1 saturated heterocycles. The maximum Gasteiger partial charge on any atom is 0.225 e. The number of hydrogen-bond donors (Lipinski definition) is 1. The first-order valence-corrected chi connectivity index (χ1v) is 8.33. The number of methoxy groups -OCH3 is 1. The van der Waals surface area contributed by atoms with Gasteiger partial charge in [0.05, 0.1) is 7.11 Å². The third-order valence-corrected chi connectivity index (χ3v) is 4.89. The van der Waals surface area contributed by atoms with Crippen molar-refractivity contribution in [2.45, 2.75) is 38.8 Å². The number of hydrogen-bond acceptors (Lipinski definition) is 3. The van der Waals surface area contributed by atoms with Crippen LogP contribution in [0.1, 0.15) is 31.7 Å². The molecule has 0 unspecified atom stereocenters. The molecule has 1 amide bonds. The maximum atomic E-state index is 12.2. The van der Waals surface area contributed by atoms with Gasteiger partial charge in [-0.1, -0.05) is 25.1 Å². The highest BCUT2D eigenvalue weighted by Crippen LogP contribution is 2.32. The van der Waals surface area contributed by atoms with Crippen LogP contribution in [0.25, 0.3) is 0 Å². The molecule has 4 heteroatoms. The van der Waals surface area contributed by atoms with Crippen LogP contribution >= 0.6 is 0 Å². The molecule has 3 rings (SSSR count). The summed E-state index contributed by atoms with van der Waals surface area (Å²) in [5, 5.41) is 3.65. The van der Waals surface area contributed by atoms with E-state index in [0.717, 1.165) is 44.6 Å². The number of benzene rings is 1. The molecule has 2 fully saturated rings. The van der Waals surface area contributed by atoms with Crippen molar-refractivity contribution >= 4 is 5.91 Å². The molecule has 4 nitrogen and oxygen atoms in total. The summed E-state index contributed by atoms with van der Waals surface area (Å²) in [6.45, 7) is 4.84. The average molecular weight is 302 g/mol. The fourth-order valence-corrected chi connectivity index (χ4v) is 3.33. The van der Waals surface area contributed by atoms with Crippen molar-refractivity contribution in [3.05, 3.63) is 29.8 Å². The lowest BCUT2D eigenvalue weighted by atomic mass is 9.93. The van der Waals surface area contributed by atoms with Gasteiger partial charge in [0.2, 0.25) is 5.91 Å². The first-order chi connectivity index (χ1) is 10.7. The van der Waals surface area contributed by atoms with Crippen LogP contribution in [0.5, 0.6) is 5.75 Å². The van der Waals surface area contributed by atoms with Gasteiger partial charge in [-0.15, -0.1) is 0 Å². The fourth-order valence-electron chi connectivity index (χ4n) is 3.33. The second-order valence-electron chi connectivity index (χ2n) is 6.62. The summed E-state index contributed by atoms with van der Waals surface area (Å²) in [7, 11) is 1.71. The average Bonchev–Trinajstić information content (AvgIpc) is 3.38. The van der Waals surface area contributed by atoms with Crippen LogP contribution in [0.3, 0.4) is 0 Å². The van der Waals surface area contributed by atoms with E-state index in [1.165, 1.54) is 5.56 Å². The highest BCUT2D eigenvalue weighted by molar-refractivity contribution is 5.81. The standard InChI is InChI=1S/C18H26N2O2/c1-13-12-20(18(21)14-7-8-14)10-9-16(13)19-11-15-5-3-4-6-17(15)22-2/h3-6,13-14,16,19H,7-12H2,1-2H3/t13-,16+/m1/s1. The van der Waals surface area contributed by atoms with E-state index in [0.29, 0.717) is 23.8 Å². The van der Waals surface area contributed by atoms with Crippen molar-refractivity contribution in [2.75, 3.05) is 20.2 Å². The van der Waals surface area contributed by atoms with Crippen LogP contribution in [-0.4, -0.2) is 37.0 Å². The molecule has 1 N–H and O–H groups in total. The van der Waals surface area contributed by atoms with E-state index in [1.807, 2.05) is 18.2 Å². The zero-order chi connectivity index (χ0) is 15.5. The minimum atomic E-state index is 0.338. The van der Waals surface area contributed by atoms with Gasteiger partial charge >= 0.3 is 0 Å². The van der Waals surface area contributed by atoms with Crippen LogP contribution in [0.15, 0.2) is 24.3 Å². The Kier molecular flexibility index (Phi) is 4.67. The van der Waals surface area contributed by atoms with Crippen molar-refractivity contribution in [1.82, 2.24) is 10.2 Å². The van der Waals surface area contributed by atoms with Gasteiger partial charge in [-0.25, -0.2) is 0 Å². The van der Waals surface area contributed by atoms with E-state index < -0.39 is 0 Å². The molecule has 1 saturated carbocycles. The number of para-hydroxylation sites is 1. The minimum absolute atomic E-state index is 0.338. The fraction of sp³-hybridized carbons (Fsp3) is 0.611. The SMILES string of the molecule is COc1ccccc1CN[C@H]1CCN(C(=O)C2CC2)C[C@H]1C. The molecule has 2 aliphatic rings. The normalized spacial score (nSPS) is 25.1. The summed E-state index contributed by atoms with van der Waals surface area (Å²) in [6, 6.07) is 8.60. The summed E-state index contributed by atoms with van der Waals surface area (Å²) < 4.78 is 5.40. The van der Waals surface area contributed by atoms with Crippen LogP contribution in [0.2, 0.25) is 0 Å². The Balaban J connectivity index is 1.52. The molecule has 22 heavy (non-hydrogen) atoms. The Morgan fingerprint density at radius 2 is 2.09 bits per heavy atom. The summed E-state index contributed by atoms with van der Waals surface area (Å²) in [4.78, 5) is 14.2. The molecule has 1 aliphatic carbocycles. The Bertz CT molecular complexity index is 528. The van der Waals surface area contributed by atoms with Crippen molar-refractivity contribution in [3.63, 3.8) is 0 Å². The second kappa shape index (κ2) is 6.69. The minimum Gasteiger partial charge on any atom is -0.496 e. The van der Waals surface area contributed by atoms with Crippen molar-refractivity contribution < 1.29 is 9.53 Å². The van der Waals surface area contributed by atoms with Gasteiger partial charge in [0.1, 0.15) is 5.75 Å². The van der Waals surface area contributed by atoms with E-state index >= 15 is 0 Å². The lowest BCUT2D eigenvalue weighted by Crippen LogP contribution is -2.50. The van der Waals surface area contributed by atoms with Crippen molar-refractivity contribution in [3.8, 4) is 5.75 Å². The maximum absolute atomic E-state index is 12.2. The summed E-state index contributed by atoms with van der Waals surface area (Å²) >= 11 is 0. The molecule has 2 atom stereocenters. The van der Waals surface area contributed by atoms with E-state index in [2.05, 4.69) is 23.2 Å². The molecule has 0 radical (unpaired) electrons. The summed E-state index contributed by atoms with van der Waals surface area (Å²) in [5.74, 6) is 2.15. The number of amides is 1. The lowest BCUT2D eigenvalue weighted by molar-refractivity contribution is -0.134. The number of nitrogens with one attached hydrogen (secondary N) is 1. The molecule has 1 heterocycles. The zero-order valence-electron chi connectivity index (χ0n) is 13.5.